The molecule has 98 valence electrons. The van der Waals surface area contributed by atoms with Crippen LogP contribution in [0, 0.1) is 0 Å². The monoisotopic (exact) mass is 261 g/mol. The summed E-state index contributed by atoms with van der Waals surface area (Å²) < 4.78 is 28.9. The summed E-state index contributed by atoms with van der Waals surface area (Å²) in [7, 11) is -0.119. The molecule has 0 spiro atoms. The number of nitrogens with zero attached hydrogens (tertiary/aromatic N) is 3. The predicted molar refractivity (Wildman–Crippen MR) is 65.3 cm³/mol. The van der Waals surface area contributed by atoms with Crippen molar-refractivity contribution in [2.45, 2.75) is 13.0 Å². The topological polar surface area (TPSA) is 93.2 Å². The lowest BCUT2D eigenvalue weighted by molar-refractivity contribution is 0.452. The first-order chi connectivity index (χ1) is 7.95. The van der Waals surface area contributed by atoms with Gasteiger partial charge in [0.1, 0.15) is 0 Å². The highest BCUT2D eigenvalue weighted by atomic mass is 32.2. The molecular formula is C9H19N5O2S. The van der Waals surface area contributed by atoms with E-state index in [9.17, 15) is 8.42 Å². The summed E-state index contributed by atoms with van der Waals surface area (Å²) in [5.74, 6) is 0. The molecule has 0 atom stereocenters. The number of nitrogens with two attached hydrogens (primary N) is 1. The summed E-state index contributed by atoms with van der Waals surface area (Å²) in [5, 5.41) is 3.96. The van der Waals surface area contributed by atoms with Gasteiger partial charge in [-0.15, -0.1) is 0 Å². The van der Waals surface area contributed by atoms with Crippen LogP contribution in [0.1, 0.15) is 12.0 Å². The molecule has 8 heteroatoms. The molecule has 0 radical (unpaired) electrons. The molecule has 17 heavy (non-hydrogen) atoms. The zero-order valence-corrected chi connectivity index (χ0v) is 10.9. The molecule has 0 aliphatic rings. The van der Waals surface area contributed by atoms with Crippen molar-refractivity contribution in [3.8, 4) is 0 Å². The highest BCUT2D eigenvalue weighted by molar-refractivity contribution is 7.87. The Kier molecular flexibility index (Phi) is 5.06. The fourth-order valence-corrected chi connectivity index (χ4v) is 2.22. The van der Waals surface area contributed by atoms with Crippen molar-refractivity contribution in [2.75, 3.05) is 20.1 Å². The molecule has 0 amide bonds. The Hall–Kier alpha value is -0.960. The van der Waals surface area contributed by atoms with E-state index in [1.54, 1.807) is 24.1 Å². The molecule has 7 nitrogen and oxygen atoms in total. The fraction of sp³-hybridized carbons (Fsp3) is 0.667. The molecule has 1 aromatic rings. The van der Waals surface area contributed by atoms with Gasteiger partial charge in [0, 0.05) is 38.9 Å². The number of rotatable bonds is 7. The van der Waals surface area contributed by atoms with Gasteiger partial charge in [-0.05, 0) is 13.0 Å². The molecule has 0 aromatic carbocycles. The van der Waals surface area contributed by atoms with E-state index in [4.69, 9.17) is 5.73 Å². The van der Waals surface area contributed by atoms with E-state index in [0.717, 1.165) is 5.56 Å². The number of hydrogen-bond acceptors (Lipinski definition) is 4. The minimum absolute atomic E-state index is 0.239. The first-order valence-corrected chi connectivity index (χ1v) is 6.78. The summed E-state index contributed by atoms with van der Waals surface area (Å²) in [5.41, 5.74) is 6.16. The molecular weight excluding hydrogens is 242 g/mol. The Bertz CT molecular complexity index is 442. The summed E-state index contributed by atoms with van der Waals surface area (Å²) in [6, 6.07) is 0. The largest absolute Gasteiger partial charge is 0.330 e. The molecule has 0 aliphatic carbocycles. The van der Waals surface area contributed by atoms with Gasteiger partial charge in [-0.1, -0.05) is 0 Å². The van der Waals surface area contributed by atoms with Gasteiger partial charge >= 0.3 is 0 Å². The maximum absolute atomic E-state index is 11.8. The lowest BCUT2D eigenvalue weighted by atomic mass is 10.4. The molecule has 0 aliphatic heterocycles. The maximum atomic E-state index is 11.8. The van der Waals surface area contributed by atoms with Gasteiger partial charge in [-0.3, -0.25) is 4.68 Å². The quantitative estimate of drug-likeness (QED) is 0.661. The van der Waals surface area contributed by atoms with Gasteiger partial charge in [-0.25, -0.2) is 0 Å². The van der Waals surface area contributed by atoms with Crippen molar-refractivity contribution in [1.29, 1.82) is 0 Å². The second-order valence-corrected chi connectivity index (χ2v) is 5.67. The smallest absolute Gasteiger partial charge is 0.279 e. The van der Waals surface area contributed by atoms with Crippen molar-refractivity contribution in [3.63, 3.8) is 0 Å². The Morgan fingerprint density at radius 3 is 2.82 bits per heavy atom. The van der Waals surface area contributed by atoms with E-state index in [1.807, 2.05) is 0 Å². The summed E-state index contributed by atoms with van der Waals surface area (Å²) in [6.07, 6.45) is 4.04. The Morgan fingerprint density at radius 1 is 1.59 bits per heavy atom. The highest BCUT2D eigenvalue weighted by Crippen LogP contribution is 2.00. The van der Waals surface area contributed by atoms with Crippen LogP contribution in [0.3, 0.4) is 0 Å². The van der Waals surface area contributed by atoms with Gasteiger partial charge in [-0.2, -0.15) is 22.5 Å². The van der Waals surface area contributed by atoms with Crippen LogP contribution < -0.4 is 10.5 Å². The van der Waals surface area contributed by atoms with Gasteiger partial charge in [0.15, 0.2) is 0 Å². The molecule has 0 bridgehead atoms. The maximum Gasteiger partial charge on any atom is 0.279 e. The fourth-order valence-electron chi connectivity index (χ4n) is 1.28. The summed E-state index contributed by atoms with van der Waals surface area (Å²) in [6.45, 7) is 1.13. The average molecular weight is 261 g/mol. The van der Waals surface area contributed by atoms with E-state index in [1.165, 1.54) is 11.4 Å². The minimum atomic E-state index is -3.43. The normalized spacial score (nSPS) is 12.2. The lowest BCUT2D eigenvalue weighted by Gasteiger charge is -2.16. The van der Waals surface area contributed by atoms with Crippen LogP contribution in [0.15, 0.2) is 12.4 Å². The van der Waals surface area contributed by atoms with Crippen LogP contribution >= 0.6 is 0 Å². The Morgan fingerprint density at radius 2 is 2.29 bits per heavy atom. The van der Waals surface area contributed by atoms with Crippen molar-refractivity contribution in [1.82, 2.24) is 18.8 Å². The molecule has 0 saturated heterocycles. The lowest BCUT2D eigenvalue weighted by Crippen LogP contribution is -2.38. The van der Waals surface area contributed by atoms with Gasteiger partial charge in [0.25, 0.3) is 10.2 Å². The summed E-state index contributed by atoms with van der Waals surface area (Å²) >= 11 is 0. The van der Waals surface area contributed by atoms with Crippen molar-refractivity contribution < 1.29 is 8.42 Å². The van der Waals surface area contributed by atoms with Gasteiger partial charge in [0.2, 0.25) is 0 Å². The first kappa shape index (κ1) is 14.1. The van der Waals surface area contributed by atoms with Crippen LogP contribution in [0.25, 0.3) is 0 Å². The SMILES string of the molecule is CN(CCCN)S(=O)(=O)NCc1cnn(C)c1. The molecule has 3 N–H and O–H groups in total. The molecule has 0 unspecified atom stereocenters. The van der Waals surface area contributed by atoms with E-state index in [2.05, 4.69) is 9.82 Å². The van der Waals surface area contributed by atoms with E-state index in [-0.39, 0.29) is 6.54 Å². The van der Waals surface area contributed by atoms with Gasteiger partial charge < -0.3 is 5.73 Å². The third-order valence-electron chi connectivity index (χ3n) is 2.30. The number of aromatic nitrogens is 2. The minimum Gasteiger partial charge on any atom is -0.330 e. The Balaban J connectivity index is 2.49. The summed E-state index contributed by atoms with van der Waals surface area (Å²) in [4.78, 5) is 0. The third kappa shape index (κ3) is 4.43. The second kappa shape index (κ2) is 6.10. The number of hydrogen-bond donors (Lipinski definition) is 2. The Labute approximate surface area is 102 Å². The van der Waals surface area contributed by atoms with E-state index < -0.39 is 10.2 Å². The predicted octanol–water partition coefficient (Wildman–Crippen LogP) is -0.965. The van der Waals surface area contributed by atoms with Gasteiger partial charge in [0.05, 0.1) is 6.20 Å². The van der Waals surface area contributed by atoms with Crippen LogP contribution in [-0.2, 0) is 23.8 Å². The van der Waals surface area contributed by atoms with E-state index >= 15 is 0 Å². The zero-order valence-electron chi connectivity index (χ0n) is 10.1. The molecule has 1 aromatic heterocycles. The zero-order chi connectivity index (χ0) is 12.9. The van der Waals surface area contributed by atoms with E-state index in [0.29, 0.717) is 19.5 Å². The number of aryl methyl sites for hydroxylation is 1. The molecule has 0 saturated carbocycles. The molecule has 1 heterocycles. The second-order valence-electron chi connectivity index (χ2n) is 3.81. The standard InChI is InChI=1S/C9H19N5O2S/c1-13-8-9(6-11-13)7-12-17(15,16)14(2)5-3-4-10/h6,8,12H,3-5,7,10H2,1-2H3. The van der Waals surface area contributed by atoms with Crippen LogP contribution in [0.4, 0.5) is 0 Å². The number of nitrogens with one attached hydrogen (secondary N) is 1. The van der Waals surface area contributed by atoms with Crippen molar-refractivity contribution in [3.05, 3.63) is 18.0 Å². The van der Waals surface area contributed by atoms with Crippen molar-refractivity contribution >= 4 is 10.2 Å². The van der Waals surface area contributed by atoms with Crippen molar-refractivity contribution in [2.24, 2.45) is 12.8 Å². The first-order valence-electron chi connectivity index (χ1n) is 5.34. The molecule has 0 fully saturated rings. The van der Waals surface area contributed by atoms with Crippen LogP contribution in [-0.4, -0.2) is 42.6 Å². The third-order valence-corrected chi connectivity index (χ3v) is 3.82. The van der Waals surface area contributed by atoms with Crippen LogP contribution in [0.5, 0.6) is 0 Å². The molecule has 1 rings (SSSR count). The highest BCUT2D eigenvalue weighted by Gasteiger charge is 2.16. The average Bonchev–Trinajstić information content (AvgIpc) is 2.69. The van der Waals surface area contributed by atoms with Crippen LogP contribution in [0.2, 0.25) is 0 Å².